The molecule has 0 bridgehead atoms. The first-order valence-corrected chi connectivity index (χ1v) is 7.67. The van der Waals surface area contributed by atoms with Crippen LogP contribution in [-0.2, 0) is 13.1 Å². The van der Waals surface area contributed by atoms with E-state index in [1.165, 1.54) is 24.3 Å². The molecule has 1 amide bonds. The van der Waals surface area contributed by atoms with Gasteiger partial charge in [-0.05, 0) is 42.8 Å². The number of hydrogen-bond donors (Lipinski definition) is 1. The molecule has 0 saturated heterocycles. The number of halogens is 1. The van der Waals surface area contributed by atoms with E-state index in [1.807, 2.05) is 24.3 Å². The third-order valence-electron chi connectivity index (χ3n) is 3.69. The van der Waals surface area contributed by atoms with Crippen LogP contribution in [0, 0.1) is 5.82 Å². The van der Waals surface area contributed by atoms with E-state index in [1.54, 1.807) is 0 Å². The first-order valence-electron chi connectivity index (χ1n) is 7.67. The average Bonchev–Trinajstić information content (AvgIpc) is 2.92. The third-order valence-corrected chi connectivity index (χ3v) is 3.69. The highest BCUT2D eigenvalue weighted by atomic mass is 19.1. The minimum atomic E-state index is -0.355. The van der Waals surface area contributed by atoms with Crippen molar-refractivity contribution in [3.8, 4) is 0 Å². The van der Waals surface area contributed by atoms with E-state index in [0.717, 1.165) is 29.8 Å². The van der Waals surface area contributed by atoms with Gasteiger partial charge < -0.3 is 9.88 Å². The second kappa shape index (κ2) is 6.60. The molecule has 3 aromatic rings. The molecule has 0 saturated carbocycles. The molecule has 2 aromatic carbocycles. The van der Waals surface area contributed by atoms with Crippen LogP contribution in [0.25, 0.3) is 11.0 Å². The SMILES string of the molecule is CCCn1c(CNC(=O)c2ccc(F)cc2)nc2ccccc21. The van der Waals surface area contributed by atoms with Crippen LogP contribution in [0.5, 0.6) is 0 Å². The van der Waals surface area contributed by atoms with Gasteiger partial charge in [0, 0.05) is 12.1 Å². The first-order chi connectivity index (χ1) is 11.2. The zero-order chi connectivity index (χ0) is 16.2. The summed E-state index contributed by atoms with van der Waals surface area (Å²) in [5.74, 6) is 0.231. The maximum atomic E-state index is 12.9. The Balaban J connectivity index is 1.79. The van der Waals surface area contributed by atoms with Gasteiger partial charge in [-0.25, -0.2) is 9.37 Å². The maximum Gasteiger partial charge on any atom is 0.251 e. The Morgan fingerprint density at radius 2 is 1.91 bits per heavy atom. The molecule has 0 atom stereocenters. The molecule has 0 aliphatic rings. The molecule has 1 heterocycles. The van der Waals surface area contributed by atoms with Crippen LogP contribution >= 0.6 is 0 Å². The highest BCUT2D eigenvalue weighted by molar-refractivity contribution is 5.94. The molecule has 0 aliphatic heterocycles. The van der Waals surface area contributed by atoms with E-state index < -0.39 is 0 Å². The third kappa shape index (κ3) is 3.23. The van der Waals surface area contributed by atoms with Gasteiger partial charge in [-0.3, -0.25) is 4.79 Å². The van der Waals surface area contributed by atoms with Crippen LogP contribution in [0.1, 0.15) is 29.5 Å². The number of para-hydroxylation sites is 2. The lowest BCUT2D eigenvalue weighted by molar-refractivity contribution is 0.0949. The molecule has 0 radical (unpaired) electrons. The van der Waals surface area contributed by atoms with Crippen LogP contribution in [0.15, 0.2) is 48.5 Å². The van der Waals surface area contributed by atoms with Crippen molar-refractivity contribution < 1.29 is 9.18 Å². The van der Waals surface area contributed by atoms with Crippen LogP contribution in [-0.4, -0.2) is 15.5 Å². The summed E-state index contributed by atoms with van der Waals surface area (Å²) in [4.78, 5) is 16.7. The van der Waals surface area contributed by atoms with Crippen LogP contribution < -0.4 is 5.32 Å². The molecule has 0 unspecified atom stereocenters. The summed E-state index contributed by atoms with van der Waals surface area (Å²) < 4.78 is 15.0. The molecule has 0 spiro atoms. The van der Waals surface area contributed by atoms with Crippen molar-refractivity contribution in [1.29, 1.82) is 0 Å². The standard InChI is InChI=1S/C18H18FN3O/c1-2-11-22-16-6-4-3-5-15(16)21-17(22)12-20-18(23)13-7-9-14(19)10-8-13/h3-10H,2,11-12H2,1H3,(H,20,23). The largest absolute Gasteiger partial charge is 0.345 e. The second-order valence-electron chi connectivity index (χ2n) is 5.36. The number of fused-ring (bicyclic) bond motifs is 1. The molecule has 0 fully saturated rings. The number of aryl methyl sites for hydroxylation is 1. The van der Waals surface area contributed by atoms with E-state index in [-0.39, 0.29) is 11.7 Å². The van der Waals surface area contributed by atoms with E-state index in [0.29, 0.717) is 12.1 Å². The van der Waals surface area contributed by atoms with Crippen molar-refractivity contribution in [2.24, 2.45) is 0 Å². The first kappa shape index (κ1) is 15.2. The van der Waals surface area contributed by atoms with Crippen molar-refractivity contribution in [3.63, 3.8) is 0 Å². The molecule has 0 aliphatic carbocycles. The summed E-state index contributed by atoms with van der Waals surface area (Å²) in [6, 6.07) is 13.4. The number of benzene rings is 2. The molecule has 4 nitrogen and oxygen atoms in total. The van der Waals surface area contributed by atoms with Crippen molar-refractivity contribution in [2.45, 2.75) is 26.4 Å². The fourth-order valence-corrected chi connectivity index (χ4v) is 2.60. The normalized spacial score (nSPS) is 10.9. The number of rotatable bonds is 5. The lowest BCUT2D eigenvalue weighted by Gasteiger charge is -2.09. The maximum absolute atomic E-state index is 12.9. The minimum absolute atomic E-state index is 0.236. The van der Waals surface area contributed by atoms with Gasteiger partial charge in [0.1, 0.15) is 11.6 Å². The number of amides is 1. The summed E-state index contributed by atoms with van der Waals surface area (Å²) in [5.41, 5.74) is 2.43. The molecular weight excluding hydrogens is 293 g/mol. The Morgan fingerprint density at radius 1 is 1.17 bits per heavy atom. The van der Waals surface area contributed by atoms with Gasteiger partial charge in [0.2, 0.25) is 0 Å². The predicted octanol–water partition coefficient (Wildman–Crippen LogP) is 3.52. The van der Waals surface area contributed by atoms with Gasteiger partial charge in [-0.15, -0.1) is 0 Å². The molecule has 1 N–H and O–H groups in total. The number of carbonyl (C=O) groups excluding carboxylic acids is 1. The summed E-state index contributed by atoms with van der Waals surface area (Å²) in [6.45, 7) is 3.29. The summed E-state index contributed by atoms with van der Waals surface area (Å²) in [7, 11) is 0. The van der Waals surface area contributed by atoms with Crippen molar-refractivity contribution in [1.82, 2.24) is 14.9 Å². The van der Waals surface area contributed by atoms with Gasteiger partial charge in [-0.1, -0.05) is 19.1 Å². The zero-order valence-electron chi connectivity index (χ0n) is 12.9. The second-order valence-corrected chi connectivity index (χ2v) is 5.36. The Hall–Kier alpha value is -2.69. The average molecular weight is 311 g/mol. The smallest absolute Gasteiger partial charge is 0.251 e. The van der Waals surface area contributed by atoms with Gasteiger partial charge in [0.15, 0.2) is 0 Å². The predicted molar refractivity (Wildman–Crippen MR) is 87.6 cm³/mol. The summed E-state index contributed by atoms with van der Waals surface area (Å²) in [6.07, 6.45) is 0.985. The molecule has 1 aromatic heterocycles. The zero-order valence-corrected chi connectivity index (χ0v) is 12.9. The quantitative estimate of drug-likeness (QED) is 0.784. The van der Waals surface area contributed by atoms with E-state index >= 15 is 0 Å². The highest BCUT2D eigenvalue weighted by Gasteiger charge is 2.11. The monoisotopic (exact) mass is 311 g/mol. The Labute approximate surface area is 134 Å². The van der Waals surface area contributed by atoms with E-state index in [4.69, 9.17) is 0 Å². The summed E-state index contributed by atoms with van der Waals surface area (Å²) in [5, 5.41) is 2.85. The Bertz CT molecular complexity index is 824. The topological polar surface area (TPSA) is 46.9 Å². The lowest BCUT2D eigenvalue weighted by atomic mass is 10.2. The van der Waals surface area contributed by atoms with Crippen molar-refractivity contribution in [3.05, 3.63) is 65.7 Å². The number of nitrogens with one attached hydrogen (secondary N) is 1. The van der Waals surface area contributed by atoms with E-state index in [2.05, 4.69) is 21.8 Å². The lowest BCUT2D eigenvalue weighted by Crippen LogP contribution is -2.24. The number of hydrogen-bond acceptors (Lipinski definition) is 2. The van der Waals surface area contributed by atoms with Gasteiger partial charge >= 0.3 is 0 Å². The van der Waals surface area contributed by atoms with Crippen LogP contribution in [0.3, 0.4) is 0 Å². The van der Waals surface area contributed by atoms with Crippen molar-refractivity contribution in [2.75, 3.05) is 0 Å². The summed E-state index contributed by atoms with van der Waals surface area (Å²) >= 11 is 0. The van der Waals surface area contributed by atoms with Crippen molar-refractivity contribution >= 4 is 16.9 Å². The van der Waals surface area contributed by atoms with E-state index in [9.17, 15) is 9.18 Å². The fraction of sp³-hybridized carbons (Fsp3) is 0.222. The fourth-order valence-electron chi connectivity index (χ4n) is 2.60. The molecule has 118 valence electrons. The molecular formula is C18H18FN3O. The number of carbonyl (C=O) groups is 1. The molecule has 5 heteroatoms. The Morgan fingerprint density at radius 3 is 2.65 bits per heavy atom. The Kier molecular flexibility index (Phi) is 4.37. The van der Waals surface area contributed by atoms with Crippen LogP contribution in [0.4, 0.5) is 4.39 Å². The number of aromatic nitrogens is 2. The highest BCUT2D eigenvalue weighted by Crippen LogP contribution is 2.16. The number of imidazole rings is 1. The van der Waals surface area contributed by atoms with Crippen LogP contribution in [0.2, 0.25) is 0 Å². The van der Waals surface area contributed by atoms with Gasteiger partial charge in [-0.2, -0.15) is 0 Å². The van der Waals surface area contributed by atoms with Gasteiger partial charge in [0.25, 0.3) is 5.91 Å². The molecule has 3 rings (SSSR count). The minimum Gasteiger partial charge on any atom is -0.345 e. The van der Waals surface area contributed by atoms with Gasteiger partial charge in [0.05, 0.1) is 17.6 Å². The number of nitrogens with zero attached hydrogens (tertiary/aromatic N) is 2. The molecule has 23 heavy (non-hydrogen) atoms.